The van der Waals surface area contributed by atoms with Crippen LogP contribution in [-0.4, -0.2) is 46.5 Å². The molecule has 0 unspecified atom stereocenters. The van der Waals surface area contributed by atoms with E-state index in [1.807, 2.05) is 42.4 Å². The highest BCUT2D eigenvalue weighted by molar-refractivity contribution is 5.79. The van der Waals surface area contributed by atoms with Crippen molar-refractivity contribution in [2.75, 3.05) is 25.0 Å². The third-order valence-electron chi connectivity index (χ3n) is 5.34. The molecule has 22 heavy (non-hydrogen) atoms. The predicted molar refractivity (Wildman–Crippen MR) is 85.7 cm³/mol. The van der Waals surface area contributed by atoms with E-state index in [0.29, 0.717) is 12.3 Å². The Bertz CT molecular complexity index is 721. The summed E-state index contributed by atoms with van der Waals surface area (Å²) < 4.78 is 0. The molecule has 0 aliphatic carbocycles. The van der Waals surface area contributed by atoms with Gasteiger partial charge < -0.3 is 9.80 Å². The van der Waals surface area contributed by atoms with Gasteiger partial charge in [-0.05, 0) is 31.4 Å². The maximum atomic E-state index is 11.8. The first-order valence-electron chi connectivity index (χ1n) is 7.91. The van der Waals surface area contributed by atoms with Gasteiger partial charge in [0.2, 0.25) is 5.91 Å². The first-order chi connectivity index (χ1) is 10.7. The van der Waals surface area contributed by atoms with Gasteiger partial charge in [0.15, 0.2) is 0 Å². The molecular formula is C17H20N4O. The van der Waals surface area contributed by atoms with Gasteiger partial charge in [0.05, 0.1) is 17.2 Å². The molecule has 1 spiro atoms. The smallest absolute Gasteiger partial charge is 0.222 e. The number of carbonyl (C=O) groups excluding carboxylic acids is 1. The van der Waals surface area contributed by atoms with Crippen LogP contribution in [0.5, 0.6) is 0 Å². The molecule has 2 aliphatic heterocycles. The quantitative estimate of drug-likeness (QED) is 0.809. The number of fused-ring (bicyclic) bond motifs is 1. The number of carbonyl (C=O) groups is 1. The van der Waals surface area contributed by atoms with Gasteiger partial charge in [-0.1, -0.05) is 12.1 Å². The molecule has 114 valence electrons. The van der Waals surface area contributed by atoms with Crippen molar-refractivity contribution < 1.29 is 4.79 Å². The van der Waals surface area contributed by atoms with E-state index in [1.54, 1.807) is 0 Å². The number of nitrogens with zero attached hydrogens (tertiary/aromatic N) is 4. The molecule has 4 rings (SSSR count). The number of aromatic nitrogens is 2. The lowest BCUT2D eigenvalue weighted by molar-refractivity contribution is -0.130. The monoisotopic (exact) mass is 296 g/mol. The largest absolute Gasteiger partial charge is 0.355 e. The molecule has 2 saturated heterocycles. The van der Waals surface area contributed by atoms with E-state index in [2.05, 4.69) is 9.88 Å². The number of anilines is 1. The molecule has 0 atom stereocenters. The fourth-order valence-corrected chi connectivity index (χ4v) is 3.78. The number of hydrogen-bond donors (Lipinski definition) is 0. The average Bonchev–Trinajstić information content (AvgIpc) is 2.84. The topological polar surface area (TPSA) is 49.3 Å². The van der Waals surface area contributed by atoms with Crippen molar-refractivity contribution >= 4 is 22.8 Å². The Morgan fingerprint density at radius 2 is 1.82 bits per heavy atom. The standard InChI is InChI=1S/C17H20N4O/c1-20-16(22)6-7-17(20)8-10-21(11-9-17)15-12-18-13-4-2-3-5-14(13)19-15/h2-5,12H,6-11H2,1H3. The lowest BCUT2D eigenvalue weighted by Crippen LogP contribution is -2.51. The highest BCUT2D eigenvalue weighted by Gasteiger charge is 2.44. The van der Waals surface area contributed by atoms with Crippen LogP contribution in [0, 0.1) is 0 Å². The summed E-state index contributed by atoms with van der Waals surface area (Å²) in [6, 6.07) is 7.95. The number of amides is 1. The van der Waals surface area contributed by atoms with E-state index in [0.717, 1.165) is 49.2 Å². The van der Waals surface area contributed by atoms with Crippen molar-refractivity contribution in [2.45, 2.75) is 31.2 Å². The van der Waals surface area contributed by atoms with Gasteiger partial charge in [-0.2, -0.15) is 0 Å². The molecule has 2 fully saturated rings. The van der Waals surface area contributed by atoms with Gasteiger partial charge in [-0.15, -0.1) is 0 Å². The fourth-order valence-electron chi connectivity index (χ4n) is 3.78. The van der Waals surface area contributed by atoms with Crippen LogP contribution in [0.15, 0.2) is 30.5 Å². The second kappa shape index (κ2) is 4.93. The predicted octanol–water partition coefficient (Wildman–Crippen LogP) is 2.22. The Morgan fingerprint density at radius 3 is 2.50 bits per heavy atom. The minimum Gasteiger partial charge on any atom is -0.355 e. The summed E-state index contributed by atoms with van der Waals surface area (Å²) in [6.45, 7) is 1.87. The fraction of sp³-hybridized carbons (Fsp3) is 0.471. The van der Waals surface area contributed by atoms with Crippen LogP contribution < -0.4 is 4.90 Å². The Hall–Kier alpha value is -2.17. The SMILES string of the molecule is CN1C(=O)CCC12CCN(c1cnc3ccccc3n1)CC2. The van der Waals surface area contributed by atoms with Crippen LogP contribution >= 0.6 is 0 Å². The van der Waals surface area contributed by atoms with Gasteiger partial charge in [0.1, 0.15) is 5.82 Å². The Kier molecular flexibility index (Phi) is 3.03. The number of para-hydroxylation sites is 2. The number of benzene rings is 1. The summed E-state index contributed by atoms with van der Waals surface area (Å²) in [4.78, 5) is 25.3. The van der Waals surface area contributed by atoms with Crippen LogP contribution in [0.2, 0.25) is 0 Å². The average molecular weight is 296 g/mol. The summed E-state index contributed by atoms with van der Waals surface area (Å²) in [5.74, 6) is 1.24. The number of likely N-dealkylation sites (tertiary alicyclic amines) is 1. The van der Waals surface area contributed by atoms with E-state index in [1.165, 1.54) is 0 Å². The zero-order valence-corrected chi connectivity index (χ0v) is 12.8. The number of hydrogen-bond acceptors (Lipinski definition) is 4. The van der Waals surface area contributed by atoms with Crippen molar-refractivity contribution in [3.63, 3.8) is 0 Å². The van der Waals surface area contributed by atoms with Gasteiger partial charge >= 0.3 is 0 Å². The van der Waals surface area contributed by atoms with Crippen molar-refractivity contribution in [1.29, 1.82) is 0 Å². The molecule has 3 heterocycles. The molecule has 2 aliphatic rings. The number of rotatable bonds is 1. The Morgan fingerprint density at radius 1 is 1.09 bits per heavy atom. The zero-order chi connectivity index (χ0) is 15.2. The maximum Gasteiger partial charge on any atom is 0.222 e. The normalized spacial score (nSPS) is 21.0. The van der Waals surface area contributed by atoms with E-state index in [9.17, 15) is 4.79 Å². The van der Waals surface area contributed by atoms with E-state index in [-0.39, 0.29) is 5.54 Å². The molecule has 1 amide bonds. The molecule has 1 aromatic carbocycles. The van der Waals surface area contributed by atoms with Crippen LogP contribution in [0.1, 0.15) is 25.7 Å². The third-order valence-corrected chi connectivity index (χ3v) is 5.34. The summed E-state index contributed by atoms with van der Waals surface area (Å²) >= 11 is 0. The van der Waals surface area contributed by atoms with Gasteiger partial charge in [-0.25, -0.2) is 4.98 Å². The third kappa shape index (κ3) is 2.03. The van der Waals surface area contributed by atoms with Crippen LogP contribution in [-0.2, 0) is 4.79 Å². The molecule has 1 aromatic heterocycles. The first-order valence-corrected chi connectivity index (χ1v) is 7.91. The van der Waals surface area contributed by atoms with Crippen LogP contribution in [0.25, 0.3) is 11.0 Å². The molecule has 5 heteroatoms. The molecular weight excluding hydrogens is 276 g/mol. The van der Waals surface area contributed by atoms with Crippen LogP contribution in [0.4, 0.5) is 5.82 Å². The molecule has 0 radical (unpaired) electrons. The minimum absolute atomic E-state index is 0.0812. The van der Waals surface area contributed by atoms with Crippen LogP contribution in [0.3, 0.4) is 0 Å². The highest BCUT2D eigenvalue weighted by atomic mass is 16.2. The molecule has 0 N–H and O–H groups in total. The maximum absolute atomic E-state index is 11.8. The Balaban J connectivity index is 1.54. The lowest BCUT2D eigenvalue weighted by Gasteiger charge is -2.43. The Labute approximate surface area is 130 Å². The summed E-state index contributed by atoms with van der Waals surface area (Å²) in [7, 11) is 1.96. The van der Waals surface area contributed by atoms with Crippen molar-refractivity contribution in [2.24, 2.45) is 0 Å². The lowest BCUT2D eigenvalue weighted by atomic mass is 9.85. The van der Waals surface area contributed by atoms with Gasteiger partial charge in [-0.3, -0.25) is 9.78 Å². The minimum atomic E-state index is 0.0812. The van der Waals surface area contributed by atoms with E-state index < -0.39 is 0 Å². The molecule has 2 aromatic rings. The van der Waals surface area contributed by atoms with E-state index >= 15 is 0 Å². The number of piperidine rings is 1. The second-order valence-electron chi connectivity index (χ2n) is 6.38. The van der Waals surface area contributed by atoms with Crippen molar-refractivity contribution in [3.8, 4) is 0 Å². The van der Waals surface area contributed by atoms with Crippen molar-refractivity contribution in [1.82, 2.24) is 14.9 Å². The second-order valence-corrected chi connectivity index (χ2v) is 6.38. The summed E-state index contributed by atoms with van der Waals surface area (Å²) in [6.07, 6.45) is 5.60. The summed E-state index contributed by atoms with van der Waals surface area (Å²) in [5.41, 5.74) is 1.95. The molecule has 0 saturated carbocycles. The van der Waals surface area contributed by atoms with Gasteiger partial charge in [0.25, 0.3) is 0 Å². The van der Waals surface area contributed by atoms with E-state index in [4.69, 9.17) is 4.98 Å². The highest BCUT2D eigenvalue weighted by Crippen LogP contribution is 2.38. The molecule has 5 nitrogen and oxygen atoms in total. The van der Waals surface area contributed by atoms with Gasteiger partial charge in [0, 0.05) is 32.1 Å². The zero-order valence-electron chi connectivity index (χ0n) is 12.8. The first kappa shape index (κ1) is 13.5. The summed E-state index contributed by atoms with van der Waals surface area (Å²) in [5, 5.41) is 0. The van der Waals surface area contributed by atoms with Crippen molar-refractivity contribution in [3.05, 3.63) is 30.5 Å². The molecule has 0 bridgehead atoms.